The van der Waals surface area contributed by atoms with Crippen molar-refractivity contribution in [1.29, 1.82) is 0 Å². The molecule has 1 N–H and O–H groups in total. The van der Waals surface area contributed by atoms with Crippen LogP contribution in [0.5, 0.6) is 0 Å². The van der Waals surface area contributed by atoms with Crippen molar-refractivity contribution in [3.8, 4) is 0 Å². The van der Waals surface area contributed by atoms with E-state index in [-0.39, 0.29) is 5.91 Å². The number of imidazole rings is 1. The van der Waals surface area contributed by atoms with Crippen molar-refractivity contribution >= 4 is 28.3 Å². The van der Waals surface area contributed by atoms with Crippen LogP contribution in [0.15, 0.2) is 17.8 Å². The van der Waals surface area contributed by atoms with Gasteiger partial charge >= 0.3 is 6.09 Å². The van der Waals surface area contributed by atoms with Gasteiger partial charge in [0.2, 0.25) is 0 Å². The normalized spacial score (nSPS) is 25.3. The number of nitrogens with zero attached hydrogens (tertiary/aromatic N) is 3. The number of rotatable bonds is 1. The van der Waals surface area contributed by atoms with E-state index in [2.05, 4.69) is 10.3 Å². The summed E-state index contributed by atoms with van der Waals surface area (Å²) in [5.41, 5.74) is -0.126. The van der Waals surface area contributed by atoms with Gasteiger partial charge in [0.1, 0.15) is 11.3 Å². The minimum absolute atomic E-state index is 0.104. The maximum Gasteiger partial charge on any atom is 0.407 e. The van der Waals surface area contributed by atoms with Gasteiger partial charge in [-0.25, -0.2) is 9.78 Å². The molecule has 2 amide bonds. The van der Waals surface area contributed by atoms with Crippen LogP contribution in [-0.4, -0.2) is 51.5 Å². The molecule has 1 spiro atoms. The lowest BCUT2D eigenvalue weighted by Gasteiger charge is -2.37. The molecular weight excluding hydrogens is 292 g/mol. The highest BCUT2D eigenvalue weighted by molar-refractivity contribution is 7.15. The topological polar surface area (TPSA) is 75.9 Å². The Morgan fingerprint density at radius 3 is 3.19 bits per heavy atom. The van der Waals surface area contributed by atoms with E-state index < -0.39 is 11.7 Å². The van der Waals surface area contributed by atoms with Gasteiger partial charge in [-0.05, 0) is 12.8 Å². The molecule has 2 fully saturated rings. The number of aromatic nitrogens is 2. The highest BCUT2D eigenvalue weighted by Crippen LogP contribution is 2.29. The number of nitrogens with one attached hydrogen (secondary N) is 1. The summed E-state index contributed by atoms with van der Waals surface area (Å²) in [6, 6.07) is 0. The second-order valence-electron chi connectivity index (χ2n) is 5.48. The molecule has 8 heteroatoms. The van der Waals surface area contributed by atoms with E-state index >= 15 is 0 Å². The molecule has 2 aromatic rings. The number of ether oxygens (including phenoxy) is 1. The van der Waals surface area contributed by atoms with Gasteiger partial charge in [0.15, 0.2) is 4.96 Å². The molecule has 1 atom stereocenters. The van der Waals surface area contributed by atoms with Gasteiger partial charge in [-0.1, -0.05) is 0 Å². The molecular formula is C13H14N4O3S. The Labute approximate surface area is 124 Å². The number of carbonyl (C=O) groups is 2. The van der Waals surface area contributed by atoms with E-state index in [1.54, 1.807) is 11.1 Å². The Morgan fingerprint density at radius 2 is 2.43 bits per heavy atom. The molecule has 0 bridgehead atoms. The molecule has 0 unspecified atom stereocenters. The molecule has 0 aromatic carbocycles. The van der Waals surface area contributed by atoms with Crippen molar-refractivity contribution in [2.24, 2.45) is 0 Å². The van der Waals surface area contributed by atoms with E-state index in [0.29, 0.717) is 25.3 Å². The molecule has 110 valence electrons. The highest BCUT2D eigenvalue weighted by Gasteiger charge is 2.45. The van der Waals surface area contributed by atoms with Crippen LogP contribution < -0.4 is 5.32 Å². The first-order valence-electron chi connectivity index (χ1n) is 6.84. The number of fused-ring (bicyclic) bond motifs is 1. The van der Waals surface area contributed by atoms with Crippen LogP contribution >= 0.6 is 11.3 Å². The van der Waals surface area contributed by atoms with Gasteiger partial charge in [0.05, 0.1) is 13.1 Å². The lowest BCUT2D eigenvalue weighted by atomic mass is 9.93. The molecule has 0 saturated carbocycles. The number of amides is 2. The lowest BCUT2D eigenvalue weighted by molar-refractivity contribution is -0.00521. The average molecular weight is 306 g/mol. The quantitative estimate of drug-likeness (QED) is 0.856. The first-order chi connectivity index (χ1) is 10.2. The summed E-state index contributed by atoms with van der Waals surface area (Å²) >= 11 is 1.49. The van der Waals surface area contributed by atoms with Gasteiger partial charge in [-0.3, -0.25) is 9.20 Å². The summed E-state index contributed by atoms with van der Waals surface area (Å²) in [6.45, 7) is 1.56. The smallest absolute Gasteiger partial charge is 0.407 e. The maximum absolute atomic E-state index is 12.6. The van der Waals surface area contributed by atoms with Crippen LogP contribution in [0.1, 0.15) is 23.3 Å². The number of carbonyl (C=O) groups excluding carboxylic acids is 2. The van der Waals surface area contributed by atoms with Crippen molar-refractivity contribution in [2.45, 2.75) is 18.4 Å². The zero-order valence-corrected chi connectivity index (χ0v) is 12.1. The Morgan fingerprint density at radius 1 is 1.52 bits per heavy atom. The van der Waals surface area contributed by atoms with Crippen LogP contribution in [0.2, 0.25) is 0 Å². The summed E-state index contributed by atoms with van der Waals surface area (Å²) in [5.74, 6) is -0.104. The summed E-state index contributed by atoms with van der Waals surface area (Å²) in [7, 11) is 0. The van der Waals surface area contributed by atoms with E-state index in [1.165, 1.54) is 11.3 Å². The lowest BCUT2D eigenvalue weighted by Crippen LogP contribution is -2.52. The maximum atomic E-state index is 12.6. The Bertz CT molecular complexity index is 695. The van der Waals surface area contributed by atoms with Crippen LogP contribution in [0.25, 0.3) is 4.96 Å². The standard InChI is InChI=1S/C13H14N4O3S/c18-10(9-6-16-4-5-21-11(16)15-9)17-3-1-2-13(8-17)7-14-12(19)20-13/h4-6H,1-3,7-8H2,(H,14,19)/t13-/m0/s1. The first kappa shape index (κ1) is 12.6. The van der Waals surface area contributed by atoms with Crippen LogP contribution in [0.3, 0.4) is 0 Å². The molecule has 7 nitrogen and oxygen atoms in total. The van der Waals surface area contributed by atoms with Gasteiger partial charge in [-0.2, -0.15) is 0 Å². The minimum atomic E-state index is -0.567. The molecule has 2 saturated heterocycles. The van der Waals surface area contributed by atoms with Crippen molar-refractivity contribution in [1.82, 2.24) is 19.6 Å². The molecule has 2 aromatic heterocycles. The number of piperidine rings is 1. The summed E-state index contributed by atoms with van der Waals surface area (Å²) in [6.07, 6.45) is 4.83. The molecule has 4 heterocycles. The van der Waals surface area contributed by atoms with Crippen molar-refractivity contribution in [3.63, 3.8) is 0 Å². The molecule has 0 radical (unpaired) electrons. The van der Waals surface area contributed by atoms with Gasteiger partial charge in [-0.15, -0.1) is 11.3 Å². The molecule has 4 rings (SSSR count). The fourth-order valence-electron chi connectivity index (χ4n) is 2.99. The number of thiazole rings is 1. The first-order valence-corrected chi connectivity index (χ1v) is 7.72. The van der Waals surface area contributed by atoms with Gasteiger partial charge in [0, 0.05) is 24.3 Å². The Balaban J connectivity index is 1.56. The zero-order chi connectivity index (χ0) is 14.4. The van der Waals surface area contributed by atoms with Gasteiger partial charge < -0.3 is 15.0 Å². The predicted octanol–water partition coefficient (Wildman–Crippen LogP) is 1.11. The number of likely N-dealkylation sites (tertiary alicyclic amines) is 1. The van der Waals surface area contributed by atoms with Crippen molar-refractivity contribution in [3.05, 3.63) is 23.5 Å². The van der Waals surface area contributed by atoms with Crippen LogP contribution in [0.4, 0.5) is 4.79 Å². The second kappa shape index (κ2) is 4.45. The molecule has 2 aliphatic rings. The monoisotopic (exact) mass is 306 g/mol. The van der Waals surface area contributed by atoms with Crippen molar-refractivity contribution in [2.75, 3.05) is 19.6 Å². The van der Waals surface area contributed by atoms with Gasteiger partial charge in [0.25, 0.3) is 5.91 Å². The third-order valence-electron chi connectivity index (χ3n) is 4.00. The summed E-state index contributed by atoms with van der Waals surface area (Å²) in [4.78, 5) is 30.8. The van der Waals surface area contributed by atoms with Crippen LogP contribution in [0, 0.1) is 0 Å². The van der Waals surface area contributed by atoms with E-state index in [1.807, 2.05) is 16.0 Å². The third kappa shape index (κ3) is 2.06. The van der Waals surface area contributed by atoms with E-state index in [4.69, 9.17) is 4.74 Å². The van der Waals surface area contributed by atoms with E-state index in [0.717, 1.165) is 17.8 Å². The van der Waals surface area contributed by atoms with Crippen LogP contribution in [-0.2, 0) is 4.74 Å². The average Bonchev–Trinajstić information content (AvgIpc) is 3.13. The predicted molar refractivity (Wildman–Crippen MR) is 75.4 cm³/mol. The number of alkyl carbamates (subject to hydrolysis) is 1. The SMILES string of the molecule is O=C1NC[C@]2(CCCN(C(=O)c3cn4ccsc4n3)C2)O1. The highest BCUT2D eigenvalue weighted by atomic mass is 32.1. The number of hydrogen-bond donors (Lipinski definition) is 1. The molecule has 2 aliphatic heterocycles. The molecule has 0 aliphatic carbocycles. The van der Waals surface area contributed by atoms with Crippen molar-refractivity contribution < 1.29 is 14.3 Å². The second-order valence-corrected chi connectivity index (χ2v) is 6.35. The minimum Gasteiger partial charge on any atom is -0.439 e. The summed E-state index contributed by atoms with van der Waals surface area (Å²) < 4.78 is 7.22. The fraction of sp³-hybridized carbons (Fsp3) is 0.462. The largest absolute Gasteiger partial charge is 0.439 e. The fourth-order valence-corrected chi connectivity index (χ4v) is 3.69. The van der Waals surface area contributed by atoms with E-state index in [9.17, 15) is 9.59 Å². The third-order valence-corrected chi connectivity index (χ3v) is 4.77. The Hall–Kier alpha value is -2.09. The molecule has 21 heavy (non-hydrogen) atoms. The zero-order valence-electron chi connectivity index (χ0n) is 11.2. The number of hydrogen-bond acceptors (Lipinski definition) is 5. The Kier molecular flexibility index (Phi) is 2.68. The summed E-state index contributed by atoms with van der Waals surface area (Å²) in [5, 5.41) is 4.61.